The fourth-order valence-electron chi connectivity index (χ4n) is 9.63. The summed E-state index contributed by atoms with van der Waals surface area (Å²) in [6.45, 7) is 4.76. The Hall–Kier alpha value is -6.50. The molecule has 248 valence electrons. The van der Waals surface area contributed by atoms with Crippen LogP contribution in [0.15, 0.2) is 182 Å². The van der Waals surface area contributed by atoms with E-state index in [0.717, 1.165) is 0 Å². The molecule has 0 saturated carbocycles. The first kappa shape index (κ1) is 30.2. The van der Waals surface area contributed by atoms with Crippen LogP contribution in [-0.4, -0.2) is 0 Å². The van der Waals surface area contributed by atoms with Gasteiger partial charge >= 0.3 is 0 Å². The van der Waals surface area contributed by atoms with Gasteiger partial charge in [-0.25, -0.2) is 0 Å². The highest BCUT2D eigenvalue weighted by Gasteiger charge is 2.37. The molecule has 0 heterocycles. The number of fused-ring (bicyclic) bond motifs is 8. The van der Waals surface area contributed by atoms with Crippen molar-refractivity contribution in [3.05, 3.63) is 193 Å². The van der Waals surface area contributed by atoms with Crippen molar-refractivity contribution in [2.45, 2.75) is 19.3 Å². The highest BCUT2D eigenvalue weighted by atomic mass is 14.4. The lowest BCUT2D eigenvalue weighted by Gasteiger charge is -2.23. The number of hydrogen-bond donors (Lipinski definition) is 0. The molecule has 10 aromatic carbocycles. The van der Waals surface area contributed by atoms with E-state index in [1.165, 1.54) is 109 Å². The Morgan fingerprint density at radius 1 is 0.283 bits per heavy atom. The predicted octanol–water partition coefficient (Wildman–Crippen LogP) is 14.8. The van der Waals surface area contributed by atoms with E-state index in [1.807, 2.05) is 0 Å². The second-order valence-corrected chi connectivity index (χ2v) is 15.2. The molecule has 0 bridgehead atoms. The molecule has 0 unspecified atom stereocenters. The van der Waals surface area contributed by atoms with Gasteiger partial charge in [0.05, 0.1) is 0 Å². The molecule has 0 radical (unpaired) electrons. The quantitative estimate of drug-likeness (QED) is 0.164. The molecule has 0 N–H and O–H groups in total. The molecular weight excluding hydrogens is 637 g/mol. The Labute approximate surface area is 309 Å². The average molecular weight is 673 g/mol. The first-order valence-corrected chi connectivity index (χ1v) is 18.7. The summed E-state index contributed by atoms with van der Waals surface area (Å²) in [5.74, 6) is 0. The van der Waals surface area contributed by atoms with Crippen LogP contribution in [0.1, 0.15) is 25.0 Å². The van der Waals surface area contributed by atoms with E-state index in [4.69, 9.17) is 0 Å². The maximum atomic E-state index is 2.49. The van der Waals surface area contributed by atoms with Crippen LogP contribution < -0.4 is 0 Å². The molecular formula is C53H36. The fourth-order valence-corrected chi connectivity index (χ4v) is 9.63. The third-order valence-electron chi connectivity index (χ3n) is 12.0. The Balaban J connectivity index is 1.35. The molecule has 53 heavy (non-hydrogen) atoms. The van der Waals surface area contributed by atoms with E-state index in [9.17, 15) is 0 Å². The van der Waals surface area contributed by atoms with Crippen molar-refractivity contribution < 1.29 is 0 Å². The van der Waals surface area contributed by atoms with Crippen molar-refractivity contribution in [2.75, 3.05) is 0 Å². The molecule has 10 aromatic rings. The number of rotatable bonds is 3. The molecule has 0 aromatic heterocycles. The van der Waals surface area contributed by atoms with Crippen LogP contribution in [-0.2, 0) is 5.41 Å². The minimum Gasteiger partial charge on any atom is -0.0619 e. The third-order valence-corrected chi connectivity index (χ3v) is 12.0. The summed E-state index contributed by atoms with van der Waals surface area (Å²) in [5.41, 5.74) is 13.1. The largest absolute Gasteiger partial charge is 0.0619 e. The first-order valence-electron chi connectivity index (χ1n) is 18.7. The van der Waals surface area contributed by atoms with Crippen LogP contribution >= 0.6 is 0 Å². The number of hydrogen-bond acceptors (Lipinski definition) is 0. The van der Waals surface area contributed by atoms with Crippen LogP contribution in [0, 0.1) is 0 Å². The van der Waals surface area contributed by atoms with Gasteiger partial charge in [-0.05, 0) is 122 Å². The summed E-state index contributed by atoms with van der Waals surface area (Å²) in [5, 5.41) is 12.7. The molecule has 0 fully saturated rings. The lowest BCUT2D eigenvalue weighted by atomic mass is 9.79. The maximum absolute atomic E-state index is 2.49. The summed E-state index contributed by atoms with van der Waals surface area (Å²) in [7, 11) is 0. The Morgan fingerprint density at radius 2 is 0.774 bits per heavy atom. The summed E-state index contributed by atoms with van der Waals surface area (Å²) in [6.07, 6.45) is 0. The SMILES string of the molecule is CC1(C)c2ccccc2-c2c(-c3c4ccccc4c(-c4c5ccccc5cc5ccccc45)c4ccc(-c5cccc6ccccc56)cc34)cccc21. The van der Waals surface area contributed by atoms with Crippen molar-refractivity contribution in [2.24, 2.45) is 0 Å². The van der Waals surface area contributed by atoms with E-state index in [0.29, 0.717) is 0 Å². The van der Waals surface area contributed by atoms with Gasteiger partial charge in [-0.3, -0.25) is 0 Å². The van der Waals surface area contributed by atoms with Gasteiger partial charge in [0.1, 0.15) is 0 Å². The first-order chi connectivity index (χ1) is 26.1. The third kappa shape index (κ3) is 4.30. The summed E-state index contributed by atoms with van der Waals surface area (Å²) in [4.78, 5) is 0. The lowest BCUT2D eigenvalue weighted by Crippen LogP contribution is -2.14. The van der Waals surface area contributed by atoms with E-state index in [1.54, 1.807) is 0 Å². The van der Waals surface area contributed by atoms with Crippen molar-refractivity contribution in [1.29, 1.82) is 0 Å². The Morgan fingerprint density at radius 3 is 1.53 bits per heavy atom. The number of benzene rings is 10. The van der Waals surface area contributed by atoms with Crippen molar-refractivity contribution >= 4 is 53.9 Å². The zero-order valence-corrected chi connectivity index (χ0v) is 29.8. The smallest absolute Gasteiger partial charge is 0.0159 e. The van der Waals surface area contributed by atoms with E-state index in [-0.39, 0.29) is 5.41 Å². The van der Waals surface area contributed by atoms with Crippen LogP contribution in [0.2, 0.25) is 0 Å². The zero-order valence-electron chi connectivity index (χ0n) is 29.8. The Kier molecular flexibility index (Phi) is 6.40. The van der Waals surface area contributed by atoms with Crippen LogP contribution in [0.3, 0.4) is 0 Å². The minimum absolute atomic E-state index is 0.0938. The Bertz CT molecular complexity index is 3080. The van der Waals surface area contributed by atoms with Gasteiger partial charge in [0, 0.05) is 5.41 Å². The van der Waals surface area contributed by atoms with Gasteiger partial charge in [-0.2, -0.15) is 0 Å². The lowest BCUT2D eigenvalue weighted by molar-refractivity contribution is 0.660. The molecule has 0 heteroatoms. The van der Waals surface area contributed by atoms with Crippen molar-refractivity contribution in [3.63, 3.8) is 0 Å². The predicted molar refractivity (Wildman–Crippen MR) is 228 cm³/mol. The van der Waals surface area contributed by atoms with E-state index >= 15 is 0 Å². The standard InChI is InChI=1S/C53H36/c1-53(2)47-27-12-11-24-44(47)50-45(26-14-28-48(50)53)49-41-22-9-10-23-42(41)52(51-39-20-7-4-16-34(39)31-35-17-5-8-21-40(35)51)43-30-29-36(32-46(43)49)38-25-13-18-33-15-3-6-19-37(33)38/h3-32H,1-2H3. The highest BCUT2D eigenvalue weighted by molar-refractivity contribution is 6.28. The van der Waals surface area contributed by atoms with E-state index < -0.39 is 0 Å². The monoisotopic (exact) mass is 672 g/mol. The van der Waals surface area contributed by atoms with Crippen molar-refractivity contribution in [1.82, 2.24) is 0 Å². The highest BCUT2D eigenvalue weighted by Crippen LogP contribution is 2.55. The molecule has 0 saturated heterocycles. The normalized spacial score (nSPS) is 13.2. The molecule has 1 aliphatic rings. The van der Waals surface area contributed by atoms with Crippen LogP contribution in [0.4, 0.5) is 0 Å². The molecule has 11 rings (SSSR count). The molecule has 0 nitrogen and oxygen atoms in total. The van der Waals surface area contributed by atoms with Gasteiger partial charge in [-0.1, -0.05) is 184 Å². The van der Waals surface area contributed by atoms with Gasteiger partial charge in [0.15, 0.2) is 0 Å². The van der Waals surface area contributed by atoms with Gasteiger partial charge in [-0.15, -0.1) is 0 Å². The summed E-state index contributed by atoms with van der Waals surface area (Å²) < 4.78 is 0. The van der Waals surface area contributed by atoms with Crippen molar-refractivity contribution in [3.8, 4) is 44.5 Å². The molecule has 0 amide bonds. The second-order valence-electron chi connectivity index (χ2n) is 15.2. The summed E-state index contributed by atoms with van der Waals surface area (Å²) >= 11 is 0. The van der Waals surface area contributed by atoms with Crippen LogP contribution in [0.25, 0.3) is 98.4 Å². The second kappa shape index (κ2) is 11.2. The van der Waals surface area contributed by atoms with Gasteiger partial charge < -0.3 is 0 Å². The van der Waals surface area contributed by atoms with Crippen LogP contribution in [0.5, 0.6) is 0 Å². The minimum atomic E-state index is -0.0938. The zero-order chi connectivity index (χ0) is 35.3. The maximum Gasteiger partial charge on any atom is 0.0159 e. The molecule has 1 aliphatic carbocycles. The molecule has 0 spiro atoms. The van der Waals surface area contributed by atoms with Gasteiger partial charge in [0.25, 0.3) is 0 Å². The molecule has 0 atom stereocenters. The van der Waals surface area contributed by atoms with E-state index in [2.05, 4.69) is 196 Å². The summed E-state index contributed by atoms with van der Waals surface area (Å²) in [6, 6.07) is 68.1. The fraction of sp³-hybridized carbons (Fsp3) is 0.0566. The average Bonchev–Trinajstić information content (AvgIpc) is 3.45. The molecule has 0 aliphatic heterocycles. The van der Waals surface area contributed by atoms with Gasteiger partial charge in [0.2, 0.25) is 0 Å². The topological polar surface area (TPSA) is 0 Å².